The van der Waals surface area contributed by atoms with Gasteiger partial charge in [-0.3, -0.25) is 4.79 Å². The van der Waals surface area contributed by atoms with Gasteiger partial charge in [-0.25, -0.2) is 0 Å². The minimum Gasteiger partial charge on any atom is -0.344 e. The fraction of sp³-hybridized carbons (Fsp3) is 0.857. The molecule has 1 aliphatic heterocycles. The van der Waals surface area contributed by atoms with E-state index in [0.717, 1.165) is 13.1 Å². The molecule has 1 rings (SSSR count). The number of rotatable bonds is 3. The van der Waals surface area contributed by atoms with Gasteiger partial charge in [0.25, 0.3) is 0 Å². The molecule has 0 aromatic heterocycles. The van der Waals surface area contributed by atoms with Crippen LogP contribution in [0.3, 0.4) is 0 Å². The van der Waals surface area contributed by atoms with E-state index in [-0.39, 0.29) is 5.91 Å². The average Bonchev–Trinajstić information content (AvgIpc) is 2.28. The lowest BCUT2D eigenvalue weighted by molar-refractivity contribution is -0.126. The summed E-state index contributed by atoms with van der Waals surface area (Å²) < 4.78 is 0. The maximum Gasteiger partial charge on any atom is 0.224 e. The fourth-order valence-electron chi connectivity index (χ4n) is 1.29. The number of amides is 1. The number of nitrogens with zero attached hydrogens (tertiary/aromatic N) is 1. The first-order valence-corrected chi connectivity index (χ1v) is 3.91. The van der Waals surface area contributed by atoms with Gasteiger partial charge in [0.1, 0.15) is 0 Å². The molecule has 1 atom stereocenters. The molecule has 1 heterocycles. The smallest absolute Gasteiger partial charge is 0.224 e. The summed E-state index contributed by atoms with van der Waals surface area (Å²) in [5, 5.41) is 3.20. The first-order valence-electron chi connectivity index (χ1n) is 3.91. The molecule has 1 unspecified atom stereocenters. The first kappa shape index (κ1) is 8.49. The van der Waals surface area contributed by atoms with Gasteiger partial charge in [-0.2, -0.15) is 0 Å². The molecular weight excluding hydrogens is 142 g/mol. The van der Waals surface area contributed by atoms with Crippen molar-refractivity contribution in [1.82, 2.24) is 10.2 Å². The average molecular weight is 157 g/mol. The van der Waals surface area contributed by atoms with Crippen molar-refractivity contribution in [2.75, 3.05) is 26.7 Å². The van der Waals surface area contributed by atoms with E-state index >= 15 is 0 Å². The monoisotopic (exact) mass is 157 g/mol. The lowest BCUT2D eigenvalue weighted by Crippen LogP contribution is -2.34. The molecule has 0 saturated carbocycles. The van der Waals surface area contributed by atoms with Crippen molar-refractivity contribution in [2.45, 2.75) is 12.5 Å². The van der Waals surface area contributed by atoms with Crippen LogP contribution in [0.25, 0.3) is 0 Å². The van der Waals surface area contributed by atoms with Crippen LogP contribution >= 0.6 is 0 Å². The highest BCUT2D eigenvalue weighted by atomic mass is 16.2. The summed E-state index contributed by atoms with van der Waals surface area (Å²) in [5.41, 5.74) is 5.31. The summed E-state index contributed by atoms with van der Waals surface area (Å²) in [6.45, 7) is 2.25. The molecule has 1 fully saturated rings. The lowest BCUT2D eigenvalue weighted by Gasteiger charge is -2.10. The fourth-order valence-corrected chi connectivity index (χ4v) is 1.29. The van der Waals surface area contributed by atoms with Gasteiger partial charge in [-0.15, -0.1) is 0 Å². The van der Waals surface area contributed by atoms with E-state index in [1.807, 2.05) is 7.05 Å². The van der Waals surface area contributed by atoms with Crippen molar-refractivity contribution in [1.29, 1.82) is 0 Å². The second-order valence-electron chi connectivity index (χ2n) is 2.92. The van der Waals surface area contributed by atoms with E-state index in [0.29, 0.717) is 19.0 Å². The molecule has 4 nitrogen and oxygen atoms in total. The summed E-state index contributed by atoms with van der Waals surface area (Å²) in [6.07, 6.45) is 0.622. The molecule has 0 spiro atoms. The van der Waals surface area contributed by atoms with Gasteiger partial charge in [0.15, 0.2) is 0 Å². The normalized spacial score (nSPS) is 24.7. The third-order valence-corrected chi connectivity index (χ3v) is 1.92. The summed E-state index contributed by atoms with van der Waals surface area (Å²) in [5.74, 6) is 0.222. The van der Waals surface area contributed by atoms with Crippen LogP contribution in [0, 0.1) is 0 Å². The zero-order chi connectivity index (χ0) is 8.27. The third kappa shape index (κ3) is 2.17. The van der Waals surface area contributed by atoms with Gasteiger partial charge in [-0.1, -0.05) is 0 Å². The molecule has 0 aliphatic carbocycles. The van der Waals surface area contributed by atoms with Gasteiger partial charge in [-0.05, 0) is 0 Å². The van der Waals surface area contributed by atoms with Crippen LogP contribution in [0.4, 0.5) is 0 Å². The number of nitrogens with two attached hydrogens (primary N) is 1. The van der Waals surface area contributed by atoms with Crippen molar-refractivity contribution in [2.24, 2.45) is 5.73 Å². The Morgan fingerprint density at radius 2 is 2.55 bits per heavy atom. The zero-order valence-electron chi connectivity index (χ0n) is 6.84. The van der Waals surface area contributed by atoms with Crippen molar-refractivity contribution < 1.29 is 4.79 Å². The van der Waals surface area contributed by atoms with Crippen molar-refractivity contribution >= 4 is 5.91 Å². The Kier molecular flexibility index (Phi) is 2.84. The van der Waals surface area contributed by atoms with Gasteiger partial charge in [0.2, 0.25) is 5.91 Å². The molecule has 0 bridgehead atoms. The molecule has 1 amide bonds. The summed E-state index contributed by atoms with van der Waals surface area (Å²) in [7, 11) is 1.83. The van der Waals surface area contributed by atoms with Crippen LogP contribution in [-0.2, 0) is 4.79 Å². The second-order valence-corrected chi connectivity index (χ2v) is 2.92. The molecule has 1 saturated heterocycles. The quantitative estimate of drug-likeness (QED) is 0.539. The molecule has 11 heavy (non-hydrogen) atoms. The van der Waals surface area contributed by atoms with Gasteiger partial charge < -0.3 is 16.0 Å². The Bertz CT molecular complexity index is 149. The SMILES string of the molecule is CN1CC(NCCN)CC1=O. The van der Waals surface area contributed by atoms with Crippen molar-refractivity contribution in [3.8, 4) is 0 Å². The van der Waals surface area contributed by atoms with E-state index in [9.17, 15) is 4.79 Å². The van der Waals surface area contributed by atoms with Crippen molar-refractivity contribution in [3.05, 3.63) is 0 Å². The van der Waals surface area contributed by atoms with E-state index < -0.39 is 0 Å². The van der Waals surface area contributed by atoms with Gasteiger partial charge in [0.05, 0.1) is 0 Å². The number of likely N-dealkylation sites (N-methyl/N-ethyl adjacent to an activating group) is 1. The van der Waals surface area contributed by atoms with Crippen LogP contribution < -0.4 is 11.1 Å². The third-order valence-electron chi connectivity index (χ3n) is 1.92. The topological polar surface area (TPSA) is 58.4 Å². The summed E-state index contributed by atoms with van der Waals surface area (Å²) in [4.78, 5) is 12.7. The highest BCUT2D eigenvalue weighted by Gasteiger charge is 2.25. The Morgan fingerprint density at radius 3 is 3.00 bits per heavy atom. The van der Waals surface area contributed by atoms with E-state index in [1.54, 1.807) is 4.90 Å². The van der Waals surface area contributed by atoms with Gasteiger partial charge >= 0.3 is 0 Å². The van der Waals surface area contributed by atoms with E-state index in [4.69, 9.17) is 5.73 Å². The van der Waals surface area contributed by atoms with Crippen molar-refractivity contribution in [3.63, 3.8) is 0 Å². The molecule has 0 radical (unpaired) electrons. The number of hydrogen-bond donors (Lipinski definition) is 2. The summed E-state index contributed by atoms with van der Waals surface area (Å²) in [6, 6.07) is 0.316. The number of carbonyl (C=O) groups is 1. The van der Waals surface area contributed by atoms with Crippen LogP contribution in [0.1, 0.15) is 6.42 Å². The maximum absolute atomic E-state index is 11.0. The Labute approximate surface area is 66.7 Å². The lowest BCUT2D eigenvalue weighted by atomic mass is 10.2. The Balaban J connectivity index is 2.24. The Hall–Kier alpha value is -0.610. The molecule has 1 aliphatic rings. The summed E-state index contributed by atoms with van der Waals surface area (Å²) >= 11 is 0. The molecule has 3 N–H and O–H groups in total. The molecule has 0 aromatic rings. The highest BCUT2D eigenvalue weighted by Crippen LogP contribution is 2.07. The first-order chi connectivity index (χ1) is 5.24. The molecular formula is C7H15N3O. The zero-order valence-corrected chi connectivity index (χ0v) is 6.84. The minimum atomic E-state index is 0.222. The highest BCUT2D eigenvalue weighted by molar-refractivity contribution is 5.78. The number of nitrogens with one attached hydrogen (secondary N) is 1. The van der Waals surface area contributed by atoms with E-state index in [1.165, 1.54) is 0 Å². The van der Waals surface area contributed by atoms with Crippen LogP contribution in [0.2, 0.25) is 0 Å². The van der Waals surface area contributed by atoms with Crippen LogP contribution in [0.5, 0.6) is 0 Å². The largest absolute Gasteiger partial charge is 0.344 e. The maximum atomic E-state index is 11.0. The van der Waals surface area contributed by atoms with Crippen LogP contribution in [-0.4, -0.2) is 43.5 Å². The number of hydrogen-bond acceptors (Lipinski definition) is 3. The molecule has 64 valence electrons. The molecule has 4 heteroatoms. The number of carbonyl (C=O) groups excluding carboxylic acids is 1. The Morgan fingerprint density at radius 1 is 1.82 bits per heavy atom. The predicted octanol–water partition coefficient (Wildman–Crippen LogP) is -1.23. The minimum absolute atomic E-state index is 0.222. The van der Waals surface area contributed by atoms with Crippen LogP contribution in [0.15, 0.2) is 0 Å². The van der Waals surface area contributed by atoms with E-state index in [2.05, 4.69) is 5.32 Å². The second kappa shape index (κ2) is 3.69. The standard InChI is InChI=1S/C7H15N3O/c1-10-5-6(4-7(10)11)9-3-2-8/h6,9H,2-5,8H2,1H3. The molecule has 0 aromatic carbocycles. The van der Waals surface area contributed by atoms with Gasteiger partial charge in [0, 0.05) is 39.1 Å². The predicted molar refractivity (Wildman–Crippen MR) is 43.1 cm³/mol. The number of likely N-dealkylation sites (tertiary alicyclic amines) is 1.